The highest BCUT2D eigenvalue weighted by atomic mass is 35.5. The number of benzene rings is 1. The van der Waals surface area contributed by atoms with Gasteiger partial charge in [0.2, 0.25) is 0 Å². The molecule has 1 aliphatic heterocycles. The molecule has 1 amide bonds. The SMILES string of the molecule is O=C(NCC1CCCN1)c1ccc(Sc2ccccc2Cl)nn1. The van der Waals surface area contributed by atoms with Crippen molar-refractivity contribution in [1.29, 1.82) is 0 Å². The summed E-state index contributed by atoms with van der Waals surface area (Å²) in [6, 6.07) is 11.4. The van der Waals surface area contributed by atoms with Gasteiger partial charge in [0.15, 0.2) is 5.69 Å². The van der Waals surface area contributed by atoms with Crippen LogP contribution >= 0.6 is 23.4 Å². The van der Waals surface area contributed by atoms with Crippen molar-refractivity contribution in [2.75, 3.05) is 13.1 Å². The van der Waals surface area contributed by atoms with Gasteiger partial charge in [0, 0.05) is 17.5 Å². The van der Waals surface area contributed by atoms with Crippen molar-refractivity contribution in [1.82, 2.24) is 20.8 Å². The molecule has 1 aliphatic rings. The normalized spacial score (nSPS) is 17.2. The summed E-state index contributed by atoms with van der Waals surface area (Å²) < 4.78 is 0. The zero-order chi connectivity index (χ0) is 16.1. The first-order valence-corrected chi connectivity index (χ1v) is 8.69. The Morgan fingerprint density at radius 1 is 1.30 bits per heavy atom. The van der Waals surface area contributed by atoms with Gasteiger partial charge in [-0.25, -0.2) is 0 Å². The summed E-state index contributed by atoms with van der Waals surface area (Å²) in [7, 11) is 0. The number of aromatic nitrogens is 2. The Bertz CT molecular complexity index is 674. The molecule has 2 heterocycles. The first-order valence-electron chi connectivity index (χ1n) is 7.50. The zero-order valence-electron chi connectivity index (χ0n) is 12.5. The zero-order valence-corrected chi connectivity index (χ0v) is 14.0. The summed E-state index contributed by atoms with van der Waals surface area (Å²) in [5.41, 5.74) is 0.325. The van der Waals surface area contributed by atoms with Crippen molar-refractivity contribution in [2.45, 2.75) is 28.8 Å². The summed E-state index contributed by atoms with van der Waals surface area (Å²) >= 11 is 7.54. The molecule has 2 N–H and O–H groups in total. The van der Waals surface area contributed by atoms with E-state index in [1.807, 2.05) is 24.3 Å². The fourth-order valence-electron chi connectivity index (χ4n) is 2.37. The van der Waals surface area contributed by atoms with Crippen LogP contribution in [-0.2, 0) is 0 Å². The van der Waals surface area contributed by atoms with E-state index in [1.165, 1.54) is 11.8 Å². The molecule has 0 radical (unpaired) electrons. The molecule has 5 nitrogen and oxygen atoms in total. The quantitative estimate of drug-likeness (QED) is 0.869. The van der Waals surface area contributed by atoms with Crippen LogP contribution in [0.3, 0.4) is 0 Å². The van der Waals surface area contributed by atoms with Crippen molar-refractivity contribution in [3.63, 3.8) is 0 Å². The largest absolute Gasteiger partial charge is 0.349 e. The maximum Gasteiger partial charge on any atom is 0.271 e. The lowest BCUT2D eigenvalue weighted by Gasteiger charge is -2.10. The fraction of sp³-hybridized carbons (Fsp3) is 0.312. The van der Waals surface area contributed by atoms with Gasteiger partial charge in [-0.1, -0.05) is 35.5 Å². The summed E-state index contributed by atoms with van der Waals surface area (Å²) in [4.78, 5) is 13.0. The second kappa shape index (κ2) is 7.77. The minimum absolute atomic E-state index is 0.194. The molecule has 1 atom stereocenters. The number of carbonyl (C=O) groups excluding carboxylic acids is 1. The van der Waals surface area contributed by atoms with Gasteiger partial charge in [0.05, 0.1) is 5.02 Å². The molecular formula is C16H17ClN4OS. The summed E-state index contributed by atoms with van der Waals surface area (Å²) in [6.45, 7) is 1.64. The van der Waals surface area contributed by atoms with E-state index in [0.717, 1.165) is 24.3 Å². The number of rotatable bonds is 5. The highest BCUT2D eigenvalue weighted by Gasteiger charge is 2.16. The van der Waals surface area contributed by atoms with Crippen molar-refractivity contribution in [2.24, 2.45) is 0 Å². The first-order chi connectivity index (χ1) is 11.2. The number of amides is 1. The third kappa shape index (κ3) is 4.43. The van der Waals surface area contributed by atoms with Crippen molar-refractivity contribution in [3.05, 3.63) is 47.1 Å². The maximum atomic E-state index is 12.1. The van der Waals surface area contributed by atoms with Crippen LogP contribution in [0.5, 0.6) is 0 Å². The monoisotopic (exact) mass is 348 g/mol. The van der Waals surface area contributed by atoms with Crippen molar-refractivity contribution >= 4 is 29.3 Å². The topological polar surface area (TPSA) is 66.9 Å². The van der Waals surface area contributed by atoms with E-state index >= 15 is 0 Å². The Morgan fingerprint density at radius 3 is 2.87 bits per heavy atom. The van der Waals surface area contributed by atoms with Crippen LogP contribution in [0, 0.1) is 0 Å². The third-order valence-electron chi connectivity index (χ3n) is 3.60. The second-order valence-corrected chi connectivity index (χ2v) is 6.76. The number of nitrogens with zero attached hydrogens (tertiary/aromatic N) is 2. The van der Waals surface area contributed by atoms with Crippen LogP contribution in [0.2, 0.25) is 5.02 Å². The molecule has 1 fully saturated rings. The van der Waals surface area contributed by atoms with E-state index in [-0.39, 0.29) is 5.91 Å². The number of halogens is 1. The van der Waals surface area contributed by atoms with Gasteiger partial charge >= 0.3 is 0 Å². The van der Waals surface area contributed by atoms with E-state index in [4.69, 9.17) is 11.6 Å². The Kier molecular flexibility index (Phi) is 5.48. The van der Waals surface area contributed by atoms with Crippen LogP contribution in [-0.4, -0.2) is 35.2 Å². The van der Waals surface area contributed by atoms with E-state index in [2.05, 4.69) is 20.8 Å². The lowest BCUT2D eigenvalue weighted by molar-refractivity contribution is 0.0944. The molecule has 3 rings (SSSR count). The number of nitrogens with one attached hydrogen (secondary N) is 2. The molecule has 23 heavy (non-hydrogen) atoms. The molecule has 0 spiro atoms. The molecule has 1 unspecified atom stereocenters. The average molecular weight is 349 g/mol. The Labute approximate surface area is 144 Å². The predicted octanol–water partition coefficient (Wildman–Crippen LogP) is 2.76. The number of hydrogen-bond donors (Lipinski definition) is 2. The van der Waals surface area contributed by atoms with Gasteiger partial charge in [0.25, 0.3) is 5.91 Å². The standard InChI is InChI=1S/C16H17ClN4OS/c17-12-5-1-2-6-14(12)23-15-8-7-13(20-21-15)16(22)19-10-11-4-3-9-18-11/h1-2,5-8,11,18H,3-4,9-10H2,(H,19,22). The Morgan fingerprint density at radius 2 is 2.17 bits per heavy atom. The molecule has 1 aromatic heterocycles. The molecule has 0 bridgehead atoms. The summed E-state index contributed by atoms with van der Waals surface area (Å²) in [5, 5.41) is 15.7. The van der Waals surface area contributed by atoms with Gasteiger partial charge in [-0.15, -0.1) is 10.2 Å². The molecule has 1 saturated heterocycles. The molecular weight excluding hydrogens is 332 g/mol. The van der Waals surface area contributed by atoms with Gasteiger partial charge in [0.1, 0.15) is 5.03 Å². The molecule has 1 aromatic carbocycles. The van der Waals surface area contributed by atoms with Gasteiger partial charge in [-0.2, -0.15) is 0 Å². The third-order valence-corrected chi connectivity index (χ3v) is 5.04. The number of carbonyl (C=O) groups is 1. The minimum Gasteiger partial charge on any atom is -0.349 e. The lowest BCUT2D eigenvalue weighted by Crippen LogP contribution is -2.37. The van der Waals surface area contributed by atoms with Gasteiger partial charge < -0.3 is 10.6 Å². The fourth-order valence-corrected chi connectivity index (χ4v) is 3.38. The minimum atomic E-state index is -0.194. The second-order valence-electron chi connectivity index (χ2n) is 5.29. The summed E-state index contributed by atoms with van der Waals surface area (Å²) in [5.74, 6) is -0.194. The predicted molar refractivity (Wildman–Crippen MR) is 91.0 cm³/mol. The van der Waals surface area contributed by atoms with Crippen molar-refractivity contribution in [3.8, 4) is 0 Å². The van der Waals surface area contributed by atoms with Crippen LogP contribution in [0.1, 0.15) is 23.3 Å². The molecule has 0 aliphatic carbocycles. The van der Waals surface area contributed by atoms with Gasteiger partial charge in [-0.05, 0) is 43.7 Å². The smallest absolute Gasteiger partial charge is 0.271 e. The Balaban J connectivity index is 1.58. The van der Waals surface area contributed by atoms with Crippen LogP contribution < -0.4 is 10.6 Å². The molecule has 120 valence electrons. The van der Waals surface area contributed by atoms with Gasteiger partial charge in [-0.3, -0.25) is 4.79 Å². The summed E-state index contributed by atoms with van der Waals surface area (Å²) in [6.07, 6.45) is 2.26. The molecule has 2 aromatic rings. The average Bonchev–Trinajstić information content (AvgIpc) is 3.09. The van der Waals surface area contributed by atoms with Crippen LogP contribution in [0.4, 0.5) is 0 Å². The Hall–Kier alpha value is -1.63. The van der Waals surface area contributed by atoms with E-state index in [0.29, 0.717) is 28.3 Å². The highest BCUT2D eigenvalue weighted by Crippen LogP contribution is 2.31. The maximum absolute atomic E-state index is 12.1. The molecule has 7 heteroatoms. The van der Waals surface area contributed by atoms with E-state index in [9.17, 15) is 4.79 Å². The highest BCUT2D eigenvalue weighted by molar-refractivity contribution is 7.99. The number of hydrogen-bond acceptors (Lipinski definition) is 5. The van der Waals surface area contributed by atoms with Crippen molar-refractivity contribution < 1.29 is 4.79 Å². The van der Waals surface area contributed by atoms with Crippen LogP contribution in [0.15, 0.2) is 46.3 Å². The van der Waals surface area contributed by atoms with Crippen LogP contribution in [0.25, 0.3) is 0 Å². The first kappa shape index (κ1) is 16.2. The van der Waals surface area contributed by atoms with E-state index in [1.54, 1.807) is 12.1 Å². The lowest BCUT2D eigenvalue weighted by atomic mass is 10.2. The molecule has 0 saturated carbocycles. The van der Waals surface area contributed by atoms with E-state index < -0.39 is 0 Å².